The summed E-state index contributed by atoms with van der Waals surface area (Å²) in [5.41, 5.74) is 3.66. The predicted octanol–water partition coefficient (Wildman–Crippen LogP) is 5.47. The first-order chi connectivity index (χ1) is 16.5. The molecule has 0 saturated heterocycles. The van der Waals surface area contributed by atoms with Gasteiger partial charge in [-0.1, -0.05) is 48.5 Å². The Kier molecular flexibility index (Phi) is 7.17. The van der Waals surface area contributed by atoms with E-state index in [2.05, 4.69) is 10.1 Å². The molecule has 4 rings (SSSR count). The molecule has 0 aliphatic heterocycles. The van der Waals surface area contributed by atoms with Crippen LogP contribution in [0.25, 0.3) is 16.9 Å². The third kappa shape index (κ3) is 5.40. The van der Waals surface area contributed by atoms with Gasteiger partial charge in [0.1, 0.15) is 0 Å². The molecule has 6 nitrogen and oxygen atoms in total. The number of halogens is 2. The van der Waals surface area contributed by atoms with Gasteiger partial charge in [0.2, 0.25) is 0 Å². The Bertz CT molecular complexity index is 1240. The molecular weight excluding hydrogens is 440 g/mol. The van der Waals surface area contributed by atoms with Gasteiger partial charge in [0, 0.05) is 29.4 Å². The Hall–Kier alpha value is -4.20. The highest BCUT2D eigenvalue weighted by Gasteiger charge is 2.17. The van der Waals surface area contributed by atoms with Crippen molar-refractivity contribution in [2.24, 2.45) is 0 Å². The van der Waals surface area contributed by atoms with Crippen molar-refractivity contribution >= 4 is 5.91 Å². The van der Waals surface area contributed by atoms with Crippen LogP contribution < -0.4 is 14.8 Å². The Labute approximate surface area is 195 Å². The number of alkyl halides is 2. The SMILES string of the molecule is CCOc1cc(C(=O)NCc2cn(-c3ccccc3)nc2-c2ccccc2)ccc1OC(F)F. The van der Waals surface area contributed by atoms with Gasteiger partial charge in [0.05, 0.1) is 18.0 Å². The molecule has 8 heteroatoms. The normalized spacial score (nSPS) is 10.8. The van der Waals surface area contributed by atoms with Crippen LogP contribution in [0.3, 0.4) is 0 Å². The predicted molar refractivity (Wildman–Crippen MR) is 124 cm³/mol. The summed E-state index contributed by atoms with van der Waals surface area (Å²) in [6.45, 7) is -0.815. The number of rotatable bonds is 9. The summed E-state index contributed by atoms with van der Waals surface area (Å²) < 4.78 is 36.9. The van der Waals surface area contributed by atoms with E-state index in [4.69, 9.17) is 9.84 Å². The Morgan fingerprint density at radius 1 is 1.00 bits per heavy atom. The third-order valence-corrected chi connectivity index (χ3v) is 5.02. The summed E-state index contributed by atoms with van der Waals surface area (Å²) in [5, 5.41) is 7.62. The van der Waals surface area contributed by atoms with Crippen LogP contribution >= 0.6 is 0 Å². The average molecular weight is 463 g/mol. The highest BCUT2D eigenvalue weighted by molar-refractivity contribution is 5.95. The fourth-order valence-electron chi connectivity index (χ4n) is 3.48. The zero-order valence-electron chi connectivity index (χ0n) is 18.4. The van der Waals surface area contributed by atoms with Gasteiger partial charge < -0.3 is 14.8 Å². The van der Waals surface area contributed by atoms with Crippen molar-refractivity contribution in [3.63, 3.8) is 0 Å². The van der Waals surface area contributed by atoms with E-state index in [1.807, 2.05) is 66.9 Å². The molecule has 0 bridgehead atoms. The van der Waals surface area contributed by atoms with Crippen LogP contribution in [0.2, 0.25) is 0 Å². The van der Waals surface area contributed by atoms with Crippen LogP contribution in [0.4, 0.5) is 8.78 Å². The first-order valence-corrected chi connectivity index (χ1v) is 10.7. The van der Waals surface area contributed by atoms with Gasteiger partial charge >= 0.3 is 6.61 Å². The Balaban J connectivity index is 1.57. The second-order valence-electron chi connectivity index (χ2n) is 7.30. The lowest BCUT2D eigenvalue weighted by atomic mass is 10.1. The summed E-state index contributed by atoms with van der Waals surface area (Å²) in [4.78, 5) is 12.8. The topological polar surface area (TPSA) is 65.4 Å². The molecule has 0 unspecified atom stereocenters. The van der Waals surface area contributed by atoms with Gasteiger partial charge in [-0.25, -0.2) is 4.68 Å². The molecule has 0 aliphatic carbocycles. The molecule has 0 saturated carbocycles. The van der Waals surface area contributed by atoms with Gasteiger partial charge in [-0.05, 0) is 37.3 Å². The van der Waals surface area contributed by atoms with E-state index in [1.165, 1.54) is 18.2 Å². The number of benzene rings is 3. The average Bonchev–Trinajstić information content (AvgIpc) is 3.29. The minimum absolute atomic E-state index is 0.0809. The maximum Gasteiger partial charge on any atom is 0.387 e. The quantitative estimate of drug-likeness (QED) is 0.358. The molecule has 34 heavy (non-hydrogen) atoms. The molecule has 1 aromatic heterocycles. The molecule has 1 amide bonds. The van der Waals surface area contributed by atoms with Crippen LogP contribution in [0.15, 0.2) is 85.1 Å². The summed E-state index contributed by atoms with van der Waals surface area (Å²) in [5.74, 6) is -0.419. The summed E-state index contributed by atoms with van der Waals surface area (Å²) in [7, 11) is 0. The number of carbonyl (C=O) groups is 1. The highest BCUT2D eigenvalue weighted by Crippen LogP contribution is 2.30. The molecule has 3 aromatic carbocycles. The second-order valence-corrected chi connectivity index (χ2v) is 7.30. The van der Waals surface area contributed by atoms with E-state index in [0.717, 1.165) is 22.5 Å². The van der Waals surface area contributed by atoms with Gasteiger partial charge in [0.25, 0.3) is 5.91 Å². The fourth-order valence-corrected chi connectivity index (χ4v) is 3.48. The van der Waals surface area contributed by atoms with Crippen LogP contribution in [-0.2, 0) is 6.54 Å². The number of aromatic nitrogens is 2. The highest BCUT2D eigenvalue weighted by atomic mass is 19.3. The molecule has 0 aliphatic rings. The van der Waals surface area contributed by atoms with E-state index >= 15 is 0 Å². The number of hydrogen-bond donors (Lipinski definition) is 1. The monoisotopic (exact) mass is 463 g/mol. The van der Waals surface area contributed by atoms with Crippen LogP contribution in [-0.4, -0.2) is 28.9 Å². The minimum Gasteiger partial charge on any atom is -0.490 e. The molecule has 174 valence electrons. The number of nitrogens with one attached hydrogen (secondary N) is 1. The number of ether oxygens (including phenoxy) is 2. The maximum absolute atomic E-state index is 12.8. The van der Waals surface area contributed by atoms with Crippen molar-refractivity contribution in [1.82, 2.24) is 15.1 Å². The number of hydrogen-bond acceptors (Lipinski definition) is 4. The van der Waals surface area contributed by atoms with E-state index in [1.54, 1.807) is 11.6 Å². The maximum atomic E-state index is 12.8. The second kappa shape index (κ2) is 10.6. The van der Waals surface area contributed by atoms with E-state index < -0.39 is 6.61 Å². The summed E-state index contributed by atoms with van der Waals surface area (Å²) >= 11 is 0. The van der Waals surface area contributed by atoms with Gasteiger partial charge in [0.15, 0.2) is 11.5 Å². The van der Waals surface area contributed by atoms with E-state index in [9.17, 15) is 13.6 Å². The molecule has 1 heterocycles. The first kappa shape index (κ1) is 23.0. The van der Waals surface area contributed by atoms with Crippen molar-refractivity contribution in [2.45, 2.75) is 20.1 Å². The largest absolute Gasteiger partial charge is 0.490 e. The summed E-state index contributed by atoms with van der Waals surface area (Å²) in [6.07, 6.45) is 1.88. The van der Waals surface area contributed by atoms with Crippen LogP contribution in [0.5, 0.6) is 11.5 Å². The number of para-hydroxylation sites is 1. The van der Waals surface area contributed by atoms with Gasteiger partial charge in [-0.3, -0.25) is 4.79 Å². The molecule has 4 aromatic rings. The number of amides is 1. The third-order valence-electron chi connectivity index (χ3n) is 5.02. The van der Waals surface area contributed by atoms with Crippen molar-refractivity contribution in [3.05, 3.63) is 96.2 Å². The zero-order valence-corrected chi connectivity index (χ0v) is 18.4. The zero-order chi connectivity index (χ0) is 23.9. The molecule has 0 atom stereocenters. The van der Waals surface area contributed by atoms with Crippen molar-refractivity contribution < 1.29 is 23.0 Å². The Morgan fingerprint density at radius 3 is 2.38 bits per heavy atom. The molecule has 0 fully saturated rings. The van der Waals surface area contributed by atoms with E-state index in [-0.39, 0.29) is 36.1 Å². The molecule has 1 N–H and O–H groups in total. The van der Waals surface area contributed by atoms with Crippen molar-refractivity contribution in [3.8, 4) is 28.4 Å². The van der Waals surface area contributed by atoms with Gasteiger partial charge in [-0.2, -0.15) is 13.9 Å². The molecule has 0 radical (unpaired) electrons. The van der Waals surface area contributed by atoms with E-state index in [0.29, 0.717) is 0 Å². The lowest BCUT2D eigenvalue weighted by Gasteiger charge is -2.13. The lowest BCUT2D eigenvalue weighted by molar-refractivity contribution is -0.0514. The van der Waals surface area contributed by atoms with Crippen LogP contribution in [0.1, 0.15) is 22.8 Å². The van der Waals surface area contributed by atoms with Gasteiger partial charge in [-0.15, -0.1) is 0 Å². The van der Waals surface area contributed by atoms with Crippen molar-refractivity contribution in [2.75, 3.05) is 6.61 Å². The first-order valence-electron chi connectivity index (χ1n) is 10.7. The molecule has 0 spiro atoms. The van der Waals surface area contributed by atoms with Crippen molar-refractivity contribution in [1.29, 1.82) is 0 Å². The standard InChI is InChI=1S/C26H23F2N3O3/c1-2-33-23-15-19(13-14-22(23)34-26(27)28)25(32)29-16-20-17-31(21-11-7-4-8-12-21)30-24(20)18-9-5-3-6-10-18/h3-15,17,26H,2,16H2,1H3,(H,29,32). The smallest absolute Gasteiger partial charge is 0.387 e. The lowest BCUT2D eigenvalue weighted by Crippen LogP contribution is -2.23. The van der Waals surface area contributed by atoms with Crippen LogP contribution in [0, 0.1) is 0 Å². The number of carbonyl (C=O) groups excluding carboxylic acids is 1. The number of nitrogens with zero attached hydrogens (tertiary/aromatic N) is 2. The summed E-state index contributed by atoms with van der Waals surface area (Å²) in [6, 6.07) is 23.5. The minimum atomic E-state index is -2.99. The molecular formula is C26H23F2N3O3. The fraction of sp³-hybridized carbons (Fsp3) is 0.154. The Morgan fingerprint density at radius 2 is 1.71 bits per heavy atom.